The Hall–Kier alpha value is -2.19. The summed E-state index contributed by atoms with van der Waals surface area (Å²) in [6, 6.07) is -0.413. The Kier molecular flexibility index (Phi) is 5.19. The van der Waals surface area contributed by atoms with E-state index in [-0.39, 0.29) is 5.91 Å². The molecule has 0 spiro atoms. The molecule has 3 rings (SSSR count). The molecule has 1 aliphatic rings. The second-order valence-electron chi connectivity index (χ2n) is 6.43. The Morgan fingerprint density at radius 2 is 2.28 bits per heavy atom. The molecular formula is C17H26N6O2. The van der Waals surface area contributed by atoms with Gasteiger partial charge in [0.1, 0.15) is 6.04 Å². The lowest BCUT2D eigenvalue weighted by molar-refractivity contribution is -0.135. The summed E-state index contributed by atoms with van der Waals surface area (Å²) >= 11 is 0. The number of hydrogen-bond donors (Lipinski definition) is 2. The molecule has 0 aliphatic carbocycles. The number of nitrogens with one attached hydrogen (secondary N) is 2. The van der Waals surface area contributed by atoms with Crippen LogP contribution in [0.2, 0.25) is 0 Å². The minimum absolute atomic E-state index is 0.0211. The molecule has 0 radical (unpaired) electrons. The Bertz CT molecular complexity index is 750. The minimum Gasteiger partial charge on any atom is -0.383 e. The largest absolute Gasteiger partial charge is 0.383 e. The Morgan fingerprint density at radius 3 is 2.96 bits per heavy atom. The van der Waals surface area contributed by atoms with Gasteiger partial charge in [-0.15, -0.1) is 0 Å². The van der Waals surface area contributed by atoms with E-state index in [4.69, 9.17) is 4.74 Å². The quantitative estimate of drug-likeness (QED) is 0.801. The second-order valence-corrected chi connectivity index (χ2v) is 6.43. The SMILES string of the molecule is COCCN(Cc1c(C)nn(C)c1C)C(=O)[C@@H]1NCCc2[nH]cnc21. The summed E-state index contributed by atoms with van der Waals surface area (Å²) in [5, 5.41) is 7.76. The fourth-order valence-corrected chi connectivity index (χ4v) is 3.31. The van der Waals surface area contributed by atoms with E-state index in [9.17, 15) is 4.79 Å². The monoisotopic (exact) mass is 346 g/mol. The third-order valence-electron chi connectivity index (χ3n) is 4.88. The van der Waals surface area contributed by atoms with Crippen LogP contribution in [0.5, 0.6) is 0 Å². The normalized spacial score (nSPS) is 16.7. The Labute approximate surface area is 147 Å². The summed E-state index contributed by atoms with van der Waals surface area (Å²) in [4.78, 5) is 22.6. The number of aromatic amines is 1. The zero-order chi connectivity index (χ0) is 18.0. The zero-order valence-electron chi connectivity index (χ0n) is 15.3. The number of aromatic nitrogens is 4. The van der Waals surface area contributed by atoms with Gasteiger partial charge in [-0.25, -0.2) is 4.98 Å². The summed E-state index contributed by atoms with van der Waals surface area (Å²) in [6.45, 7) is 6.30. The van der Waals surface area contributed by atoms with Gasteiger partial charge in [-0.3, -0.25) is 9.48 Å². The first-order chi connectivity index (χ1) is 12.0. The van der Waals surface area contributed by atoms with E-state index >= 15 is 0 Å². The molecule has 2 N–H and O–H groups in total. The molecular weight excluding hydrogens is 320 g/mol. The van der Waals surface area contributed by atoms with E-state index < -0.39 is 6.04 Å². The molecule has 2 aromatic heterocycles. The predicted molar refractivity (Wildman–Crippen MR) is 93.0 cm³/mol. The molecule has 1 aliphatic heterocycles. The van der Waals surface area contributed by atoms with Gasteiger partial charge >= 0.3 is 0 Å². The molecule has 0 bridgehead atoms. The topological polar surface area (TPSA) is 88.1 Å². The van der Waals surface area contributed by atoms with Crippen molar-refractivity contribution in [1.29, 1.82) is 0 Å². The van der Waals surface area contributed by atoms with Crippen molar-refractivity contribution in [3.05, 3.63) is 34.7 Å². The second kappa shape index (κ2) is 7.37. The van der Waals surface area contributed by atoms with Crippen LogP contribution in [0.25, 0.3) is 0 Å². The van der Waals surface area contributed by atoms with Crippen molar-refractivity contribution < 1.29 is 9.53 Å². The van der Waals surface area contributed by atoms with Crippen LogP contribution in [0.15, 0.2) is 6.33 Å². The van der Waals surface area contributed by atoms with Crippen LogP contribution in [-0.2, 0) is 29.5 Å². The van der Waals surface area contributed by atoms with E-state index in [1.807, 2.05) is 30.5 Å². The summed E-state index contributed by atoms with van der Waals surface area (Å²) in [5.41, 5.74) is 4.96. The van der Waals surface area contributed by atoms with Gasteiger partial charge in [-0.2, -0.15) is 5.10 Å². The lowest BCUT2D eigenvalue weighted by atomic mass is 10.0. The van der Waals surface area contributed by atoms with Gasteiger partial charge < -0.3 is 19.9 Å². The first kappa shape index (κ1) is 17.6. The number of amides is 1. The van der Waals surface area contributed by atoms with Gasteiger partial charge in [-0.1, -0.05) is 0 Å². The van der Waals surface area contributed by atoms with E-state index in [0.29, 0.717) is 19.7 Å². The summed E-state index contributed by atoms with van der Waals surface area (Å²) < 4.78 is 7.07. The third kappa shape index (κ3) is 3.45. The molecule has 0 fully saturated rings. The molecule has 0 saturated heterocycles. The van der Waals surface area contributed by atoms with Crippen molar-refractivity contribution in [2.24, 2.45) is 7.05 Å². The lowest BCUT2D eigenvalue weighted by Crippen LogP contribution is -2.44. The van der Waals surface area contributed by atoms with Crippen LogP contribution in [-0.4, -0.2) is 57.4 Å². The fourth-order valence-electron chi connectivity index (χ4n) is 3.31. The van der Waals surface area contributed by atoms with Gasteiger partial charge in [0.15, 0.2) is 0 Å². The first-order valence-corrected chi connectivity index (χ1v) is 8.55. The Morgan fingerprint density at radius 1 is 1.48 bits per heavy atom. The number of fused-ring (bicyclic) bond motifs is 1. The van der Waals surface area contributed by atoms with Crippen molar-refractivity contribution in [1.82, 2.24) is 30.0 Å². The lowest BCUT2D eigenvalue weighted by Gasteiger charge is -2.29. The van der Waals surface area contributed by atoms with Gasteiger partial charge in [0.25, 0.3) is 0 Å². The smallest absolute Gasteiger partial charge is 0.246 e. The molecule has 0 unspecified atom stereocenters. The molecule has 8 heteroatoms. The van der Waals surface area contributed by atoms with E-state index in [1.54, 1.807) is 13.4 Å². The van der Waals surface area contributed by atoms with E-state index in [2.05, 4.69) is 20.4 Å². The average molecular weight is 346 g/mol. The van der Waals surface area contributed by atoms with Crippen molar-refractivity contribution in [2.45, 2.75) is 32.9 Å². The number of ether oxygens (including phenoxy) is 1. The molecule has 1 atom stereocenters. The van der Waals surface area contributed by atoms with Crippen molar-refractivity contribution >= 4 is 5.91 Å². The van der Waals surface area contributed by atoms with Gasteiger partial charge in [0.05, 0.1) is 24.3 Å². The van der Waals surface area contributed by atoms with Crippen LogP contribution in [0.4, 0.5) is 0 Å². The summed E-state index contributed by atoms with van der Waals surface area (Å²) in [6.07, 6.45) is 2.52. The van der Waals surface area contributed by atoms with Gasteiger partial charge in [0.2, 0.25) is 5.91 Å². The van der Waals surface area contributed by atoms with Gasteiger partial charge in [0, 0.05) is 57.2 Å². The number of carbonyl (C=O) groups excluding carboxylic acids is 1. The number of imidazole rings is 1. The standard InChI is InChI=1S/C17H26N6O2/c1-11-13(12(2)22(3)21-11)9-23(7-8-25-4)17(24)16-15-14(5-6-18-16)19-10-20-15/h10,16,18H,5-9H2,1-4H3,(H,19,20)/t16-/m1/s1. The number of nitrogens with zero attached hydrogens (tertiary/aromatic N) is 4. The molecule has 25 heavy (non-hydrogen) atoms. The number of rotatable bonds is 6. The highest BCUT2D eigenvalue weighted by Crippen LogP contribution is 2.23. The van der Waals surface area contributed by atoms with Crippen molar-refractivity contribution in [3.63, 3.8) is 0 Å². The summed E-state index contributed by atoms with van der Waals surface area (Å²) in [5.74, 6) is 0.0211. The number of methoxy groups -OCH3 is 1. The molecule has 2 aromatic rings. The highest BCUT2D eigenvalue weighted by molar-refractivity contribution is 5.83. The zero-order valence-corrected chi connectivity index (χ0v) is 15.3. The summed E-state index contributed by atoms with van der Waals surface area (Å²) in [7, 11) is 3.57. The van der Waals surface area contributed by atoms with Crippen molar-refractivity contribution in [2.75, 3.05) is 26.8 Å². The highest BCUT2D eigenvalue weighted by Gasteiger charge is 2.32. The maximum Gasteiger partial charge on any atom is 0.246 e. The predicted octanol–water partition coefficient (Wildman–Crippen LogP) is 0.622. The number of H-pyrrole nitrogens is 1. The molecule has 0 saturated carbocycles. The number of hydrogen-bond acceptors (Lipinski definition) is 5. The molecule has 8 nitrogen and oxygen atoms in total. The maximum atomic E-state index is 13.2. The van der Waals surface area contributed by atoms with Crippen LogP contribution < -0.4 is 5.32 Å². The van der Waals surface area contributed by atoms with Crippen LogP contribution in [0.1, 0.15) is 34.4 Å². The number of aryl methyl sites for hydroxylation is 2. The molecule has 0 aromatic carbocycles. The third-order valence-corrected chi connectivity index (χ3v) is 4.88. The van der Waals surface area contributed by atoms with Crippen LogP contribution in [0, 0.1) is 13.8 Å². The Balaban J connectivity index is 1.85. The average Bonchev–Trinajstić information content (AvgIpc) is 3.17. The van der Waals surface area contributed by atoms with Crippen LogP contribution in [0.3, 0.4) is 0 Å². The first-order valence-electron chi connectivity index (χ1n) is 8.55. The highest BCUT2D eigenvalue weighted by atomic mass is 16.5. The minimum atomic E-state index is -0.413. The number of carbonyl (C=O) groups is 1. The molecule has 1 amide bonds. The van der Waals surface area contributed by atoms with E-state index in [0.717, 1.165) is 41.3 Å². The van der Waals surface area contributed by atoms with Gasteiger partial charge in [-0.05, 0) is 13.8 Å². The molecule has 3 heterocycles. The van der Waals surface area contributed by atoms with Crippen molar-refractivity contribution in [3.8, 4) is 0 Å². The molecule has 136 valence electrons. The van der Waals surface area contributed by atoms with Crippen LogP contribution >= 0.6 is 0 Å². The fraction of sp³-hybridized carbons (Fsp3) is 0.588. The maximum absolute atomic E-state index is 13.2. The van der Waals surface area contributed by atoms with E-state index in [1.165, 1.54) is 0 Å².